The molecule has 0 unspecified atom stereocenters. The number of nitrogen functional groups attached to an aromatic ring is 1. The quantitative estimate of drug-likeness (QED) is 0.892. The molecular formula is C12H13BrN4. The van der Waals surface area contributed by atoms with Crippen molar-refractivity contribution in [2.24, 2.45) is 0 Å². The minimum Gasteiger partial charge on any atom is -0.368 e. The Morgan fingerprint density at radius 1 is 1.24 bits per heavy atom. The van der Waals surface area contributed by atoms with E-state index < -0.39 is 0 Å². The fourth-order valence-corrected chi connectivity index (χ4v) is 1.90. The second-order valence-electron chi connectivity index (χ2n) is 3.81. The van der Waals surface area contributed by atoms with Crippen molar-refractivity contribution in [1.82, 2.24) is 9.97 Å². The lowest BCUT2D eigenvalue weighted by atomic mass is 10.2. The third kappa shape index (κ3) is 2.74. The van der Waals surface area contributed by atoms with Gasteiger partial charge in [-0.2, -0.15) is 4.98 Å². The van der Waals surface area contributed by atoms with Gasteiger partial charge in [-0.3, -0.25) is 0 Å². The normalized spacial score (nSPS) is 10.3. The van der Waals surface area contributed by atoms with E-state index in [2.05, 4.69) is 31.2 Å². The molecule has 0 bridgehead atoms. The van der Waals surface area contributed by atoms with Gasteiger partial charge in [-0.1, -0.05) is 12.1 Å². The molecule has 0 aliphatic heterocycles. The van der Waals surface area contributed by atoms with Crippen molar-refractivity contribution in [2.75, 3.05) is 11.1 Å². The third-order valence-electron chi connectivity index (χ3n) is 2.33. The first kappa shape index (κ1) is 11.9. The van der Waals surface area contributed by atoms with E-state index in [4.69, 9.17) is 5.73 Å². The molecule has 2 rings (SSSR count). The van der Waals surface area contributed by atoms with E-state index in [0.29, 0.717) is 5.82 Å². The van der Waals surface area contributed by atoms with Crippen molar-refractivity contribution in [3.8, 4) is 0 Å². The van der Waals surface area contributed by atoms with Crippen molar-refractivity contribution in [3.05, 3.63) is 40.0 Å². The van der Waals surface area contributed by atoms with Gasteiger partial charge >= 0.3 is 0 Å². The smallest absolute Gasteiger partial charge is 0.222 e. The summed E-state index contributed by atoms with van der Waals surface area (Å²) in [7, 11) is 0. The molecule has 88 valence electrons. The number of nitrogens with zero attached hydrogens (tertiary/aromatic N) is 2. The van der Waals surface area contributed by atoms with E-state index in [-0.39, 0.29) is 5.95 Å². The van der Waals surface area contributed by atoms with Crippen LogP contribution in [0, 0.1) is 13.8 Å². The molecule has 0 spiro atoms. The first-order chi connectivity index (χ1) is 8.06. The molecule has 5 heteroatoms. The molecule has 0 aliphatic rings. The van der Waals surface area contributed by atoms with Crippen LogP contribution in [-0.4, -0.2) is 9.97 Å². The van der Waals surface area contributed by atoms with Gasteiger partial charge in [0, 0.05) is 16.2 Å². The molecule has 0 radical (unpaired) electrons. The summed E-state index contributed by atoms with van der Waals surface area (Å²) in [5.74, 6) is 0.970. The number of hydrogen-bond acceptors (Lipinski definition) is 4. The van der Waals surface area contributed by atoms with Crippen LogP contribution in [0.25, 0.3) is 0 Å². The second-order valence-corrected chi connectivity index (χ2v) is 4.61. The Hall–Kier alpha value is -1.62. The van der Waals surface area contributed by atoms with E-state index in [1.165, 1.54) is 0 Å². The molecule has 1 aromatic heterocycles. The molecule has 0 saturated heterocycles. The Balaban J connectivity index is 2.34. The van der Waals surface area contributed by atoms with Crippen LogP contribution in [0.3, 0.4) is 0 Å². The molecule has 0 atom stereocenters. The first-order valence-electron chi connectivity index (χ1n) is 5.19. The molecule has 17 heavy (non-hydrogen) atoms. The largest absolute Gasteiger partial charge is 0.368 e. The van der Waals surface area contributed by atoms with Crippen molar-refractivity contribution >= 4 is 33.4 Å². The summed E-state index contributed by atoms with van der Waals surface area (Å²) in [6, 6.07) is 7.85. The summed E-state index contributed by atoms with van der Waals surface area (Å²) < 4.78 is 1.02. The molecule has 0 fully saturated rings. The highest BCUT2D eigenvalue weighted by Crippen LogP contribution is 2.28. The van der Waals surface area contributed by atoms with Gasteiger partial charge in [0.1, 0.15) is 5.82 Å². The topological polar surface area (TPSA) is 63.8 Å². The summed E-state index contributed by atoms with van der Waals surface area (Å²) in [5, 5.41) is 3.22. The predicted molar refractivity (Wildman–Crippen MR) is 73.3 cm³/mol. The predicted octanol–water partition coefficient (Wildman–Crippen LogP) is 3.18. The van der Waals surface area contributed by atoms with Crippen molar-refractivity contribution in [1.29, 1.82) is 0 Å². The van der Waals surface area contributed by atoms with E-state index in [1.807, 2.05) is 38.1 Å². The van der Waals surface area contributed by atoms with Gasteiger partial charge in [-0.15, -0.1) is 0 Å². The van der Waals surface area contributed by atoms with Gasteiger partial charge in [-0.05, 0) is 41.4 Å². The monoisotopic (exact) mass is 292 g/mol. The standard InChI is InChI=1S/C12H13BrN4/c1-7-4-3-5-9(11(7)13)16-10-6-8(2)15-12(14)17-10/h3-6H,1-2H3,(H3,14,15,16,17). The van der Waals surface area contributed by atoms with Crippen LogP contribution in [0.5, 0.6) is 0 Å². The maximum absolute atomic E-state index is 5.61. The molecule has 1 aromatic carbocycles. The van der Waals surface area contributed by atoms with Gasteiger partial charge < -0.3 is 11.1 Å². The zero-order valence-corrected chi connectivity index (χ0v) is 11.2. The second kappa shape index (κ2) is 4.71. The van der Waals surface area contributed by atoms with Crippen LogP contribution in [0.15, 0.2) is 28.7 Å². The van der Waals surface area contributed by atoms with E-state index in [9.17, 15) is 0 Å². The number of aryl methyl sites for hydroxylation is 2. The van der Waals surface area contributed by atoms with Crippen molar-refractivity contribution in [3.63, 3.8) is 0 Å². The highest BCUT2D eigenvalue weighted by atomic mass is 79.9. The summed E-state index contributed by atoms with van der Waals surface area (Å²) in [6.45, 7) is 3.92. The highest BCUT2D eigenvalue weighted by Gasteiger charge is 2.04. The number of nitrogens with two attached hydrogens (primary N) is 1. The fourth-order valence-electron chi connectivity index (χ4n) is 1.54. The Kier molecular flexibility index (Phi) is 3.28. The number of aromatic nitrogens is 2. The zero-order valence-electron chi connectivity index (χ0n) is 9.66. The van der Waals surface area contributed by atoms with E-state index in [0.717, 1.165) is 21.4 Å². The fraction of sp³-hybridized carbons (Fsp3) is 0.167. The molecule has 2 aromatic rings. The third-order valence-corrected chi connectivity index (χ3v) is 3.38. The minimum absolute atomic E-state index is 0.274. The molecule has 4 nitrogen and oxygen atoms in total. The average Bonchev–Trinajstić information content (AvgIpc) is 2.23. The molecule has 0 aliphatic carbocycles. The van der Waals surface area contributed by atoms with Crippen LogP contribution in [0.4, 0.5) is 17.5 Å². The number of nitrogens with one attached hydrogen (secondary N) is 1. The Bertz CT molecular complexity index is 534. The molecule has 1 heterocycles. The number of hydrogen-bond donors (Lipinski definition) is 2. The van der Waals surface area contributed by atoms with Gasteiger partial charge in [0.2, 0.25) is 5.95 Å². The lowest BCUT2D eigenvalue weighted by molar-refractivity contribution is 1.12. The SMILES string of the molecule is Cc1cc(Nc2cccc(C)c2Br)nc(N)n1. The lowest BCUT2D eigenvalue weighted by Gasteiger charge is -2.10. The summed E-state index contributed by atoms with van der Waals surface area (Å²) in [6.07, 6.45) is 0. The highest BCUT2D eigenvalue weighted by molar-refractivity contribution is 9.10. The molecular weight excluding hydrogens is 280 g/mol. The zero-order chi connectivity index (χ0) is 12.4. The summed E-state index contributed by atoms with van der Waals surface area (Å²) in [4.78, 5) is 8.17. The van der Waals surface area contributed by atoms with Crippen LogP contribution >= 0.6 is 15.9 Å². The Morgan fingerprint density at radius 3 is 2.71 bits per heavy atom. The van der Waals surface area contributed by atoms with Gasteiger partial charge in [0.15, 0.2) is 0 Å². The maximum atomic E-state index is 5.61. The summed E-state index contributed by atoms with van der Waals surface area (Å²) in [5.41, 5.74) is 8.57. The first-order valence-corrected chi connectivity index (χ1v) is 5.99. The number of benzene rings is 1. The van der Waals surface area contributed by atoms with Gasteiger partial charge in [0.05, 0.1) is 5.69 Å². The van der Waals surface area contributed by atoms with Crippen LogP contribution in [-0.2, 0) is 0 Å². The number of halogens is 1. The van der Waals surface area contributed by atoms with Crippen LogP contribution in [0.2, 0.25) is 0 Å². The lowest BCUT2D eigenvalue weighted by Crippen LogP contribution is -2.01. The number of anilines is 3. The van der Waals surface area contributed by atoms with Gasteiger partial charge in [0.25, 0.3) is 0 Å². The van der Waals surface area contributed by atoms with E-state index >= 15 is 0 Å². The molecule has 0 amide bonds. The maximum Gasteiger partial charge on any atom is 0.222 e. The minimum atomic E-state index is 0.274. The molecule has 3 N–H and O–H groups in total. The average molecular weight is 293 g/mol. The Morgan fingerprint density at radius 2 is 2.00 bits per heavy atom. The van der Waals surface area contributed by atoms with Gasteiger partial charge in [-0.25, -0.2) is 4.98 Å². The van der Waals surface area contributed by atoms with Crippen molar-refractivity contribution < 1.29 is 0 Å². The van der Waals surface area contributed by atoms with Crippen LogP contribution < -0.4 is 11.1 Å². The van der Waals surface area contributed by atoms with E-state index in [1.54, 1.807) is 0 Å². The van der Waals surface area contributed by atoms with Crippen LogP contribution in [0.1, 0.15) is 11.3 Å². The molecule has 0 saturated carbocycles. The Labute approximate surface area is 108 Å². The number of rotatable bonds is 2. The summed E-state index contributed by atoms with van der Waals surface area (Å²) >= 11 is 3.54. The van der Waals surface area contributed by atoms with Crippen molar-refractivity contribution in [2.45, 2.75) is 13.8 Å².